The summed E-state index contributed by atoms with van der Waals surface area (Å²) in [5, 5.41) is 0. The van der Waals surface area contributed by atoms with E-state index >= 15 is 0 Å². The normalized spacial score (nSPS) is 13.4. The maximum Gasteiger partial charge on any atom is 0.212 e. The van der Waals surface area contributed by atoms with Crippen LogP contribution in [0.2, 0.25) is 0 Å². The quantitative estimate of drug-likeness (QED) is 0.361. The second-order valence-electron chi connectivity index (χ2n) is 8.07. The molecule has 4 aromatic carbocycles. The Morgan fingerprint density at radius 3 is 1.70 bits per heavy atom. The number of hydrogen-bond donors (Lipinski definition) is 2. The first-order valence-corrected chi connectivity index (χ1v) is 12.7. The molecule has 5 heteroatoms. The van der Waals surface area contributed by atoms with E-state index in [1.54, 1.807) is 0 Å². The fraction of sp³-hybridized carbons (Fsp3) is 0.143. The fourth-order valence-corrected chi connectivity index (χ4v) is 5.17. The summed E-state index contributed by atoms with van der Waals surface area (Å²) in [6.07, 6.45) is 0.423. The molecule has 4 aromatic rings. The fourth-order valence-electron chi connectivity index (χ4n) is 3.88. The van der Waals surface area contributed by atoms with Gasteiger partial charge in [0, 0.05) is 0 Å². The van der Waals surface area contributed by atoms with E-state index in [9.17, 15) is 8.42 Å². The minimum absolute atomic E-state index is 0.0114. The van der Waals surface area contributed by atoms with Gasteiger partial charge in [0.2, 0.25) is 10.0 Å². The molecule has 0 heterocycles. The Labute approximate surface area is 196 Å². The molecule has 0 aliphatic carbocycles. The molecule has 0 spiro atoms. The molecule has 0 bridgehead atoms. The van der Waals surface area contributed by atoms with Gasteiger partial charge in [0.05, 0.1) is 17.8 Å². The van der Waals surface area contributed by atoms with Crippen LogP contribution in [0.5, 0.6) is 0 Å². The summed E-state index contributed by atoms with van der Waals surface area (Å²) < 4.78 is 29.0. The highest BCUT2D eigenvalue weighted by atomic mass is 32.2. The molecule has 0 fully saturated rings. The lowest BCUT2D eigenvalue weighted by molar-refractivity contribution is 0.504. The van der Waals surface area contributed by atoms with Crippen molar-refractivity contribution in [3.05, 3.63) is 132 Å². The molecule has 0 saturated carbocycles. The Balaban J connectivity index is 1.47. The van der Waals surface area contributed by atoms with E-state index < -0.39 is 22.1 Å². The molecule has 0 amide bonds. The molecular weight excluding hydrogens is 428 g/mol. The third-order valence-corrected chi connectivity index (χ3v) is 7.08. The van der Waals surface area contributed by atoms with Crippen molar-refractivity contribution >= 4 is 10.0 Å². The third-order valence-electron chi connectivity index (χ3n) is 5.73. The van der Waals surface area contributed by atoms with Crippen LogP contribution in [-0.2, 0) is 16.4 Å². The first-order valence-electron chi connectivity index (χ1n) is 11.0. The number of nitrogens with one attached hydrogen (secondary N) is 1. The number of benzene rings is 4. The molecule has 0 radical (unpaired) electrons. The van der Waals surface area contributed by atoms with Gasteiger partial charge in [0.1, 0.15) is 0 Å². The van der Waals surface area contributed by atoms with Gasteiger partial charge in [-0.15, -0.1) is 0 Å². The van der Waals surface area contributed by atoms with Crippen molar-refractivity contribution in [2.45, 2.75) is 18.5 Å². The highest BCUT2D eigenvalue weighted by Gasteiger charge is 2.26. The Morgan fingerprint density at radius 2 is 1.12 bits per heavy atom. The van der Waals surface area contributed by atoms with Crippen LogP contribution in [0.15, 0.2) is 115 Å². The Bertz CT molecular complexity index is 1240. The van der Waals surface area contributed by atoms with Gasteiger partial charge in [-0.3, -0.25) is 0 Å². The molecule has 4 nitrogen and oxygen atoms in total. The number of aryl methyl sites for hydroxylation is 1. The minimum atomic E-state index is -3.57. The van der Waals surface area contributed by atoms with Crippen molar-refractivity contribution in [1.82, 2.24) is 4.72 Å². The average Bonchev–Trinajstić information content (AvgIpc) is 2.88. The molecule has 168 valence electrons. The van der Waals surface area contributed by atoms with Gasteiger partial charge >= 0.3 is 0 Å². The van der Waals surface area contributed by atoms with Crippen molar-refractivity contribution in [2.75, 3.05) is 5.75 Å². The van der Waals surface area contributed by atoms with Gasteiger partial charge in [-0.1, -0.05) is 115 Å². The first-order chi connectivity index (χ1) is 16.0. The van der Waals surface area contributed by atoms with Gasteiger partial charge in [0.25, 0.3) is 0 Å². The summed E-state index contributed by atoms with van der Waals surface area (Å²) in [4.78, 5) is 0. The zero-order valence-electron chi connectivity index (χ0n) is 18.3. The Kier molecular flexibility index (Phi) is 7.35. The van der Waals surface area contributed by atoms with E-state index in [1.807, 2.05) is 103 Å². The summed E-state index contributed by atoms with van der Waals surface area (Å²) in [7, 11) is -3.57. The highest BCUT2D eigenvalue weighted by Crippen LogP contribution is 2.28. The van der Waals surface area contributed by atoms with Crippen LogP contribution in [0, 0.1) is 0 Å². The second-order valence-corrected chi connectivity index (χ2v) is 9.95. The molecule has 0 unspecified atom stereocenters. The SMILES string of the molecule is N[C@H](c1ccccc1)[C@H](NS(=O)(=O)CCc1ccc(-c2ccccc2)cc1)c1ccccc1. The molecule has 0 aliphatic rings. The first kappa shape index (κ1) is 22.9. The van der Waals surface area contributed by atoms with Crippen molar-refractivity contribution < 1.29 is 8.42 Å². The van der Waals surface area contributed by atoms with E-state index in [0.717, 1.165) is 27.8 Å². The summed E-state index contributed by atoms with van der Waals surface area (Å²) in [5.74, 6) is -0.0114. The van der Waals surface area contributed by atoms with Crippen molar-refractivity contribution in [2.24, 2.45) is 5.73 Å². The molecule has 33 heavy (non-hydrogen) atoms. The zero-order valence-corrected chi connectivity index (χ0v) is 19.2. The number of sulfonamides is 1. The second kappa shape index (κ2) is 10.6. The van der Waals surface area contributed by atoms with Crippen LogP contribution in [0.25, 0.3) is 11.1 Å². The van der Waals surface area contributed by atoms with E-state index in [2.05, 4.69) is 16.9 Å². The molecule has 0 aromatic heterocycles. The number of nitrogens with two attached hydrogens (primary N) is 1. The zero-order chi connectivity index (χ0) is 23.1. The van der Waals surface area contributed by atoms with E-state index in [0.29, 0.717) is 6.42 Å². The smallest absolute Gasteiger partial charge is 0.212 e. The summed E-state index contributed by atoms with van der Waals surface area (Å²) in [5.41, 5.74) is 11.5. The molecule has 2 atom stereocenters. The van der Waals surface area contributed by atoms with Gasteiger partial charge in [-0.05, 0) is 34.2 Å². The summed E-state index contributed by atoms with van der Waals surface area (Å²) >= 11 is 0. The van der Waals surface area contributed by atoms with Gasteiger partial charge in [0.15, 0.2) is 0 Å². The predicted octanol–water partition coefficient (Wildman–Crippen LogP) is 5.26. The third kappa shape index (κ3) is 6.17. The van der Waals surface area contributed by atoms with Crippen LogP contribution in [0.4, 0.5) is 0 Å². The van der Waals surface area contributed by atoms with Crippen LogP contribution in [0.3, 0.4) is 0 Å². The monoisotopic (exact) mass is 456 g/mol. The lowest BCUT2D eigenvalue weighted by Crippen LogP contribution is -2.37. The highest BCUT2D eigenvalue weighted by molar-refractivity contribution is 7.89. The molecule has 0 aliphatic heterocycles. The van der Waals surface area contributed by atoms with E-state index in [-0.39, 0.29) is 5.75 Å². The number of hydrogen-bond acceptors (Lipinski definition) is 3. The van der Waals surface area contributed by atoms with Crippen LogP contribution in [0.1, 0.15) is 28.8 Å². The molecule has 0 saturated heterocycles. The minimum Gasteiger partial charge on any atom is -0.322 e. The molecule has 4 rings (SSSR count). The van der Waals surface area contributed by atoms with Crippen molar-refractivity contribution in [3.63, 3.8) is 0 Å². The van der Waals surface area contributed by atoms with Gasteiger partial charge < -0.3 is 5.73 Å². The van der Waals surface area contributed by atoms with Crippen LogP contribution < -0.4 is 10.5 Å². The van der Waals surface area contributed by atoms with Crippen LogP contribution in [-0.4, -0.2) is 14.2 Å². The van der Waals surface area contributed by atoms with Crippen LogP contribution >= 0.6 is 0 Å². The maximum absolute atomic E-state index is 13.0. The largest absolute Gasteiger partial charge is 0.322 e. The van der Waals surface area contributed by atoms with Gasteiger partial charge in [-0.25, -0.2) is 13.1 Å². The van der Waals surface area contributed by atoms with Crippen molar-refractivity contribution in [1.29, 1.82) is 0 Å². The van der Waals surface area contributed by atoms with E-state index in [1.165, 1.54) is 0 Å². The molecular formula is C28H28N2O2S. The lowest BCUT2D eigenvalue weighted by Gasteiger charge is -2.26. The topological polar surface area (TPSA) is 72.2 Å². The summed E-state index contributed by atoms with van der Waals surface area (Å²) in [6.45, 7) is 0. The van der Waals surface area contributed by atoms with Gasteiger partial charge in [-0.2, -0.15) is 0 Å². The number of rotatable bonds is 9. The Morgan fingerprint density at radius 1 is 0.636 bits per heavy atom. The predicted molar refractivity (Wildman–Crippen MR) is 135 cm³/mol. The maximum atomic E-state index is 13.0. The Hall–Kier alpha value is -3.25. The van der Waals surface area contributed by atoms with Crippen molar-refractivity contribution in [3.8, 4) is 11.1 Å². The van der Waals surface area contributed by atoms with E-state index in [4.69, 9.17) is 5.73 Å². The lowest BCUT2D eigenvalue weighted by atomic mass is 9.95. The average molecular weight is 457 g/mol. The summed E-state index contributed by atoms with van der Waals surface area (Å²) in [6, 6.07) is 36.2. The standard InChI is InChI=1S/C28H28N2O2S/c29-27(25-12-6-2-7-13-25)28(26-14-8-3-9-15-26)30-33(31,32)21-20-22-16-18-24(19-17-22)23-10-4-1-5-11-23/h1-19,27-28,30H,20-21,29H2/t27-,28-/m1/s1. The molecule has 3 N–H and O–H groups in total.